The molecule has 1 aliphatic carbocycles. The van der Waals surface area contributed by atoms with E-state index in [0.29, 0.717) is 6.04 Å². The molecule has 2 rings (SSSR count). The molecule has 0 spiro atoms. The van der Waals surface area contributed by atoms with E-state index in [4.69, 9.17) is 4.74 Å². The Labute approximate surface area is 93.8 Å². The fourth-order valence-corrected chi connectivity index (χ4v) is 2.94. The lowest BCUT2D eigenvalue weighted by molar-refractivity contribution is -0.0790. The van der Waals surface area contributed by atoms with Crippen molar-refractivity contribution in [3.63, 3.8) is 0 Å². The summed E-state index contributed by atoms with van der Waals surface area (Å²) in [6.07, 6.45) is 9.15. The summed E-state index contributed by atoms with van der Waals surface area (Å²) in [4.78, 5) is 0. The molecule has 1 aliphatic heterocycles. The summed E-state index contributed by atoms with van der Waals surface area (Å²) in [5, 5.41) is 3.83. The lowest BCUT2D eigenvalue weighted by Crippen LogP contribution is -2.47. The van der Waals surface area contributed by atoms with E-state index in [2.05, 4.69) is 19.2 Å². The summed E-state index contributed by atoms with van der Waals surface area (Å²) in [7, 11) is 0. The lowest BCUT2D eigenvalue weighted by atomic mass is 9.89. The summed E-state index contributed by atoms with van der Waals surface area (Å²) in [6.45, 7) is 5.43. The Bertz CT molecular complexity index is 201. The summed E-state index contributed by atoms with van der Waals surface area (Å²) in [6, 6.07) is 1.50. The minimum atomic E-state index is 0.133. The van der Waals surface area contributed by atoms with E-state index >= 15 is 0 Å². The fraction of sp³-hybridized carbons (Fsp3) is 1.00. The molecule has 0 aromatic carbocycles. The number of hydrogen-bond donors (Lipinski definition) is 1. The third-order valence-electron chi connectivity index (χ3n) is 4.17. The Hall–Kier alpha value is -0.0800. The van der Waals surface area contributed by atoms with Gasteiger partial charge in [-0.05, 0) is 39.0 Å². The van der Waals surface area contributed by atoms with Crippen LogP contribution in [0.5, 0.6) is 0 Å². The molecule has 0 aromatic rings. The molecule has 15 heavy (non-hydrogen) atoms. The molecule has 2 unspecified atom stereocenters. The van der Waals surface area contributed by atoms with Crippen LogP contribution >= 0.6 is 0 Å². The molecular formula is C13H25NO. The van der Waals surface area contributed by atoms with Gasteiger partial charge in [0.1, 0.15) is 0 Å². The van der Waals surface area contributed by atoms with E-state index in [0.717, 1.165) is 19.1 Å². The highest BCUT2D eigenvalue weighted by atomic mass is 16.5. The highest BCUT2D eigenvalue weighted by Crippen LogP contribution is 2.29. The van der Waals surface area contributed by atoms with Crippen LogP contribution in [0.4, 0.5) is 0 Å². The average Bonchev–Trinajstić information content (AvgIpc) is 2.71. The predicted octanol–water partition coefficient (Wildman–Crippen LogP) is 2.87. The molecule has 1 N–H and O–H groups in total. The smallest absolute Gasteiger partial charge is 0.0666 e. The van der Waals surface area contributed by atoms with Crippen LogP contribution in [-0.4, -0.2) is 24.3 Å². The second-order valence-corrected chi connectivity index (χ2v) is 5.49. The third-order valence-corrected chi connectivity index (χ3v) is 4.17. The van der Waals surface area contributed by atoms with E-state index in [1.807, 2.05) is 0 Å². The standard InChI is InChI=1S/C13H25NO/c1-3-13(2)10-12(8-9-15-13)14-11-6-4-5-7-11/h11-12,14H,3-10H2,1-2H3. The van der Waals surface area contributed by atoms with Crippen molar-refractivity contribution in [2.75, 3.05) is 6.61 Å². The quantitative estimate of drug-likeness (QED) is 0.775. The Morgan fingerprint density at radius 2 is 1.93 bits per heavy atom. The van der Waals surface area contributed by atoms with Crippen LogP contribution in [0.1, 0.15) is 58.8 Å². The first-order valence-electron chi connectivity index (χ1n) is 6.62. The molecule has 2 atom stereocenters. The van der Waals surface area contributed by atoms with Crippen molar-refractivity contribution < 1.29 is 4.74 Å². The molecule has 88 valence electrons. The summed E-state index contributed by atoms with van der Waals surface area (Å²) >= 11 is 0. The highest BCUT2D eigenvalue weighted by molar-refractivity contribution is 4.88. The maximum Gasteiger partial charge on any atom is 0.0666 e. The van der Waals surface area contributed by atoms with Crippen molar-refractivity contribution in [2.45, 2.75) is 76.5 Å². The second kappa shape index (κ2) is 4.84. The molecule has 1 heterocycles. The van der Waals surface area contributed by atoms with Gasteiger partial charge < -0.3 is 10.1 Å². The molecule has 1 saturated heterocycles. The number of rotatable bonds is 3. The summed E-state index contributed by atoms with van der Waals surface area (Å²) in [5.74, 6) is 0. The van der Waals surface area contributed by atoms with Crippen LogP contribution in [0.15, 0.2) is 0 Å². The summed E-state index contributed by atoms with van der Waals surface area (Å²) < 4.78 is 5.87. The molecule has 2 nitrogen and oxygen atoms in total. The molecule has 0 aromatic heterocycles. The minimum Gasteiger partial charge on any atom is -0.375 e. The van der Waals surface area contributed by atoms with Crippen LogP contribution in [0.25, 0.3) is 0 Å². The zero-order chi connectivity index (χ0) is 10.7. The number of hydrogen-bond acceptors (Lipinski definition) is 2. The topological polar surface area (TPSA) is 21.3 Å². The third kappa shape index (κ3) is 2.94. The van der Waals surface area contributed by atoms with Crippen molar-refractivity contribution in [1.82, 2.24) is 5.32 Å². The Morgan fingerprint density at radius 1 is 1.20 bits per heavy atom. The van der Waals surface area contributed by atoms with Gasteiger partial charge in [0.15, 0.2) is 0 Å². The zero-order valence-electron chi connectivity index (χ0n) is 10.2. The maximum absolute atomic E-state index is 5.87. The van der Waals surface area contributed by atoms with Crippen LogP contribution in [0.3, 0.4) is 0 Å². The van der Waals surface area contributed by atoms with E-state index in [1.165, 1.54) is 38.5 Å². The van der Waals surface area contributed by atoms with Crippen LogP contribution in [0.2, 0.25) is 0 Å². The van der Waals surface area contributed by atoms with Crippen molar-refractivity contribution in [2.24, 2.45) is 0 Å². The van der Waals surface area contributed by atoms with E-state index in [1.54, 1.807) is 0 Å². The Morgan fingerprint density at radius 3 is 2.60 bits per heavy atom. The first-order valence-corrected chi connectivity index (χ1v) is 6.62. The van der Waals surface area contributed by atoms with Crippen molar-refractivity contribution in [3.05, 3.63) is 0 Å². The number of nitrogens with one attached hydrogen (secondary N) is 1. The van der Waals surface area contributed by atoms with E-state index in [-0.39, 0.29) is 5.60 Å². The first-order chi connectivity index (χ1) is 7.22. The SMILES string of the molecule is CCC1(C)CC(NC2CCCC2)CCO1. The van der Waals surface area contributed by atoms with Gasteiger partial charge in [0, 0.05) is 18.7 Å². The Balaban J connectivity index is 1.81. The maximum atomic E-state index is 5.87. The van der Waals surface area contributed by atoms with Gasteiger partial charge in [0.25, 0.3) is 0 Å². The molecule has 2 aliphatic rings. The van der Waals surface area contributed by atoms with E-state index in [9.17, 15) is 0 Å². The number of ether oxygens (including phenoxy) is 1. The predicted molar refractivity (Wildman–Crippen MR) is 63.1 cm³/mol. The lowest BCUT2D eigenvalue weighted by Gasteiger charge is -2.39. The molecule has 0 radical (unpaired) electrons. The van der Waals surface area contributed by atoms with Gasteiger partial charge in [-0.25, -0.2) is 0 Å². The second-order valence-electron chi connectivity index (χ2n) is 5.49. The van der Waals surface area contributed by atoms with Gasteiger partial charge >= 0.3 is 0 Å². The van der Waals surface area contributed by atoms with Gasteiger partial charge in [-0.1, -0.05) is 19.8 Å². The van der Waals surface area contributed by atoms with Gasteiger partial charge in [0.05, 0.1) is 5.60 Å². The summed E-state index contributed by atoms with van der Waals surface area (Å²) in [5.41, 5.74) is 0.133. The molecule has 2 fully saturated rings. The fourth-order valence-electron chi connectivity index (χ4n) is 2.94. The Kier molecular flexibility index (Phi) is 3.68. The molecule has 0 bridgehead atoms. The van der Waals surface area contributed by atoms with Crippen molar-refractivity contribution in [1.29, 1.82) is 0 Å². The van der Waals surface area contributed by atoms with Crippen LogP contribution in [-0.2, 0) is 4.74 Å². The van der Waals surface area contributed by atoms with E-state index < -0.39 is 0 Å². The molecular weight excluding hydrogens is 186 g/mol. The monoisotopic (exact) mass is 211 g/mol. The van der Waals surface area contributed by atoms with Gasteiger partial charge in [0.2, 0.25) is 0 Å². The van der Waals surface area contributed by atoms with Crippen molar-refractivity contribution in [3.8, 4) is 0 Å². The average molecular weight is 211 g/mol. The normalized spacial score (nSPS) is 38.4. The van der Waals surface area contributed by atoms with Crippen LogP contribution in [0, 0.1) is 0 Å². The van der Waals surface area contributed by atoms with Gasteiger partial charge in [-0.3, -0.25) is 0 Å². The van der Waals surface area contributed by atoms with Crippen molar-refractivity contribution >= 4 is 0 Å². The van der Waals surface area contributed by atoms with Crippen LogP contribution < -0.4 is 5.32 Å². The van der Waals surface area contributed by atoms with Gasteiger partial charge in [-0.15, -0.1) is 0 Å². The molecule has 1 saturated carbocycles. The van der Waals surface area contributed by atoms with Gasteiger partial charge in [-0.2, -0.15) is 0 Å². The molecule has 2 heteroatoms. The zero-order valence-corrected chi connectivity index (χ0v) is 10.2. The minimum absolute atomic E-state index is 0.133. The largest absolute Gasteiger partial charge is 0.375 e. The molecule has 0 amide bonds. The first kappa shape index (κ1) is 11.4. The highest BCUT2D eigenvalue weighted by Gasteiger charge is 2.32.